The molecular formula is C23H25Cl2NO7. The van der Waals surface area contributed by atoms with E-state index in [4.69, 9.17) is 32.8 Å². The number of carbonyl (C=O) groups is 1. The Morgan fingerprint density at radius 3 is 2.36 bits per heavy atom. The van der Waals surface area contributed by atoms with Crippen molar-refractivity contribution < 1.29 is 34.8 Å². The Morgan fingerprint density at radius 2 is 1.70 bits per heavy atom. The highest BCUT2D eigenvalue weighted by Crippen LogP contribution is 2.44. The highest BCUT2D eigenvalue weighted by Gasteiger charge is 2.48. The van der Waals surface area contributed by atoms with Crippen LogP contribution in [-0.2, 0) is 14.4 Å². The molecule has 0 radical (unpaired) electrons. The molecule has 0 bridgehead atoms. The van der Waals surface area contributed by atoms with Crippen LogP contribution in [0.1, 0.15) is 41.5 Å². The van der Waals surface area contributed by atoms with Gasteiger partial charge in [-0.25, -0.2) is 4.79 Å². The first-order chi connectivity index (χ1) is 15.7. The first-order valence-corrected chi connectivity index (χ1v) is 11.3. The van der Waals surface area contributed by atoms with Gasteiger partial charge in [0.1, 0.15) is 18.3 Å². The van der Waals surface area contributed by atoms with E-state index in [0.29, 0.717) is 16.5 Å². The van der Waals surface area contributed by atoms with E-state index in [1.54, 1.807) is 13.1 Å². The molecule has 10 heteroatoms. The van der Waals surface area contributed by atoms with Crippen molar-refractivity contribution in [2.75, 3.05) is 7.05 Å². The highest BCUT2D eigenvalue weighted by molar-refractivity contribution is 6.42. The lowest BCUT2D eigenvalue weighted by molar-refractivity contribution is -0.360. The normalized spacial score (nSPS) is 31.9. The van der Waals surface area contributed by atoms with Crippen molar-refractivity contribution in [2.45, 2.75) is 55.5 Å². The van der Waals surface area contributed by atoms with Gasteiger partial charge in [0.15, 0.2) is 6.10 Å². The molecule has 4 N–H and O–H groups in total. The second kappa shape index (κ2) is 9.85. The van der Waals surface area contributed by atoms with E-state index in [-0.39, 0.29) is 12.0 Å². The van der Waals surface area contributed by atoms with Crippen molar-refractivity contribution in [3.05, 3.63) is 69.2 Å². The number of aliphatic carboxylic acids is 1. The molecule has 2 aliphatic rings. The molecule has 8 nitrogen and oxygen atoms in total. The molecule has 5 unspecified atom stereocenters. The average molecular weight is 498 g/mol. The Hall–Kier alpha value is -1.75. The van der Waals surface area contributed by atoms with Crippen molar-refractivity contribution in [3.63, 3.8) is 0 Å². The van der Waals surface area contributed by atoms with Crippen molar-refractivity contribution in [1.29, 1.82) is 0 Å². The van der Waals surface area contributed by atoms with E-state index in [1.807, 2.05) is 36.4 Å². The van der Waals surface area contributed by atoms with Gasteiger partial charge in [-0.15, -0.1) is 0 Å². The van der Waals surface area contributed by atoms with Crippen LogP contribution in [0.25, 0.3) is 0 Å². The highest BCUT2D eigenvalue weighted by atomic mass is 35.5. The summed E-state index contributed by atoms with van der Waals surface area (Å²) < 4.78 is 5.26. The molecule has 1 heterocycles. The number of hydroxylamine groups is 2. The van der Waals surface area contributed by atoms with Crippen LogP contribution in [0.4, 0.5) is 0 Å². The molecule has 1 aliphatic carbocycles. The number of rotatable bonds is 5. The number of nitrogens with zero attached hydrogens (tertiary/aromatic N) is 1. The van der Waals surface area contributed by atoms with Crippen LogP contribution in [-0.4, -0.2) is 69.2 Å². The standard InChI is InChI=1S/C23H25Cl2NO7/c1-26(33-23-20(29)18(27)19(28)21(32-23)22(30)31)17-9-7-12(13-4-2-3-5-14(13)17)11-6-8-15(24)16(25)10-11/h2-6,8,10,12,17-21,23,27-29H,7,9H2,1H3,(H,30,31)/t12-,17-,18?,19?,20?,21?,23?/m0/s1. The smallest absolute Gasteiger partial charge is 0.335 e. The number of halogens is 2. The van der Waals surface area contributed by atoms with Gasteiger partial charge in [0, 0.05) is 13.0 Å². The third-order valence-electron chi connectivity index (χ3n) is 6.33. The second-order valence-electron chi connectivity index (χ2n) is 8.33. The summed E-state index contributed by atoms with van der Waals surface area (Å²) in [7, 11) is 1.66. The van der Waals surface area contributed by atoms with Crippen LogP contribution in [0.2, 0.25) is 10.0 Å². The van der Waals surface area contributed by atoms with Crippen molar-refractivity contribution in [2.24, 2.45) is 0 Å². The first-order valence-electron chi connectivity index (χ1n) is 10.5. The maximum atomic E-state index is 11.4. The molecule has 0 spiro atoms. The van der Waals surface area contributed by atoms with Crippen LogP contribution >= 0.6 is 23.2 Å². The van der Waals surface area contributed by atoms with Crippen LogP contribution < -0.4 is 0 Å². The van der Waals surface area contributed by atoms with Gasteiger partial charge in [-0.2, -0.15) is 5.06 Å². The Labute approximate surface area is 200 Å². The molecule has 2 aromatic rings. The lowest BCUT2D eigenvalue weighted by Gasteiger charge is -2.42. The van der Waals surface area contributed by atoms with Gasteiger partial charge in [0.25, 0.3) is 0 Å². The van der Waals surface area contributed by atoms with Gasteiger partial charge in [-0.1, -0.05) is 53.5 Å². The lowest BCUT2D eigenvalue weighted by atomic mass is 9.76. The zero-order valence-electron chi connectivity index (χ0n) is 17.7. The lowest BCUT2D eigenvalue weighted by Crippen LogP contribution is -2.61. The van der Waals surface area contributed by atoms with Crippen molar-refractivity contribution in [1.82, 2.24) is 5.06 Å². The van der Waals surface area contributed by atoms with E-state index in [0.717, 1.165) is 23.1 Å². The minimum atomic E-state index is -1.77. The number of hydrogen-bond acceptors (Lipinski definition) is 7. The number of fused-ring (bicyclic) bond motifs is 1. The van der Waals surface area contributed by atoms with Gasteiger partial charge < -0.3 is 25.2 Å². The molecule has 0 aromatic heterocycles. The second-order valence-corrected chi connectivity index (χ2v) is 9.15. The third kappa shape index (κ3) is 4.76. The summed E-state index contributed by atoms with van der Waals surface area (Å²) in [6.45, 7) is 0. The molecule has 0 amide bonds. The largest absolute Gasteiger partial charge is 0.479 e. The molecule has 1 fully saturated rings. The fourth-order valence-electron chi connectivity index (χ4n) is 4.60. The van der Waals surface area contributed by atoms with Crippen LogP contribution in [0, 0.1) is 0 Å². The third-order valence-corrected chi connectivity index (χ3v) is 7.07. The Morgan fingerprint density at radius 1 is 1.00 bits per heavy atom. The minimum absolute atomic E-state index is 0.102. The van der Waals surface area contributed by atoms with Gasteiger partial charge >= 0.3 is 5.97 Å². The zero-order chi connectivity index (χ0) is 23.9. The number of carboxylic acid groups (broad SMARTS) is 1. The summed E-state index contributed by atoms with van der Waals surface area (Å²) in [5, 5.41) is 42.0. The molecule has 178 valence electrons. The molecule has 1 aliphatic heterocycles. The molecular weight excluding hydrogens is 473 g/mol. The van der Waals surface area contributed by atoms with Crippen molar-refractivity contribution >= 4 is 29.2 Å². The van der Waals surface area contributed by atoms with Gasteiger partial charge in [0.2, 0.25) is 6.29 Å². The molecule has 7 atom stereocenters. The van der Waals surface area contributed by atoms with Crippen molar-refractivity contribution in [3.8, 4) is 0 Å². The summed E-state index contributed by atoms with van der Waals surface area (Å²) in [4.78, 5) is 17.1. The Bertz CT molecular complexity index is 1020. The Kier molecular flexibility index (Phi) is 7.28. The fraction of sp³-hybridized carbons (Fsp3) is 0.435. The first kappa shape index (κ1) is 24.4. The number of aliphatic hydroxyl groups excluding tert-OH is 3. The van der Waals surface area contributed by atoms with Crippen LogP contribution in [0.5, 0.6) is 0 Å². The quantitative estimate of drug-likeness (QED) is 0.465. The summed E-state index contributed by atoms with van der Waals surface area (Å²) in [6, 6.07) is 13.3. The monoisotopic (exact) mass is 497 g/mol. The summed E-state index contributed by atoms with van der Waals surface area (Å²) in [5.74, 6) is -1.36. The molecule has 4 rings (SSSR count). The van der Waals surface area contributed by atoms with Crippen LogP contribution in [0.3, 0.4) is 0 Å². The zero-order valence-corrected chi connectivity index (χ0v) is 19.2. The fourth-order valence-corrected chi connectivity index (χ4v) is 4.90. The maximum absolute atomic E-state index is 11.4. The van der Waals surface area contributed by atoms with E-state index in [2.05, 4.69) is 0 Å². The topological polar surface area (TPSA) is 120 Å². The average Bonchev–Trinajstić information content (AvgIpc) is 2.80. The summed E-state index contributed by atoms with van der Waals surface area (Å²) in [5.41, 5.74) is 3.14. The van der Waals surface area contributed by atoms with Crippen LogP contribution in [0.15, 0.2) is 42.5 Å². The number of ether oxygens (including phenoxy) is 1. The molecule has 33 heavy (non-hydrogen) atoms. The number of carboxylic acids is 1. The molecule has 1 saturated heterocycles. The SMILES string of the molecule is CN(OC1OC(C(=O)O)C(O)C(O)C1O)[C@H]1CC[C@@H](c2ccc(Cl)c(Cl)c2)c2ccccc21. The molecule has 0 saturated carbocycles. The maximum Gasteiger partial charge on any atom is 0.335 e. The minimum Gasteiger partial charge on any atom is -0.479 e. The van der Waals surface area contributed by atoms with E-state index < -0.39 is 36.7 Å². The van der Waals surface area contributed by atoms with Gasteiger partial charge in [-0.3, -0.25) is 4.84 Å². The van der Waals surface area contributed by atoms with Gasteiger partial charge in [-0.05, 0) is 41.7 Å². The predicted octanol–water partition coefficient (Wildman–Crippen LogP) is 2.72. The number of hydrogen-bond donors (Lipinski definition) is 4. The predicted molar refractivity (Wildman–Crippen MR) is 120 cm³/mol. The van der Waals surface area contributed by atoms with E-state index >= 15 is 0 Å². The molecule has 2 aromatic carbocycles. The van der Waals surface area contributed by atoms with E-state index in [9.17, 15) is 25.2 Å². The number of aliphatic hydroxyl groups is 3. The summed E-state index contributed by atoms with van der Waals surface area (Å²) in [6.07, 6.45) is -6.84. The number of benzene rings is 2. The Balaban J connectivity index is 1.56. The van der Waals surface area contributed by atoms with Gasteiger partial charge in [0.05, 0.1) is 16.1 Å². The van der Waals surface area contributed by atoms with E-state index in [1.165, 1.54) is 5.06 Å². The summed E-state index contributed by atoms with van der Waals surface area (Å²) >= 11 is 12.3.